The van der Waals surface area contributed by atoms with E-state index in [1.54, 1.807) is 0 Å². The van der Waals surface area contributed by atoms with Crippen LogP contribution in [-0.2, 0) is 0 Å². The molecule has 0 atom stereocenters. The van der Waals surface area contributed by atoms with Crippen molar-refractivity contribution in [3.05, 3.63) is 164 Å². The number of halogens is 7. The van der Waals surface area contributed by atoms with Crippen molar-refractivity contribution in [2.45, 2.75) is 0 Å². The van der Waals surface area contributed by atoms with E-state index < -0.39 is 0 Å². The van der Waals surface area contributed by atoms with E-state index in [1.165, 1.54) is 21.5 Å². The van der Waals surface area contributed by atoms with E-state index in [0.29, 0.717) is 5.82 Å². The summed E-state index contributed by atoms with van der Waals surface area (Å²) in [7, 11) is 0. The summed E-state index contributed by atoms with van der Waals surface area (Å²) < 4.78 is 1.16. The quantitative estimate of drug-likeness (QED) is 0.122. The van der Waals surface area contributed by atoms with Crippen molar-refractivity contribution in [2.75, 3.05) is 0 Å². The molecule has 15 heteroatoms. The minimum absolute atomic E-state index is 0. The Morgan fingerprint density at radius 3 is 1.41 bits per heavy atom. The van der Waals surface area contributed by atoms with Gasteiger partial charge in [-0.25, -0.2) is 0 Å². The van der Waals surface area contributed by atoms with E-state index in [2.05, 4.69) is 100 Å². The fourth-order valence-corrected chi connectivity index (χ4v) is 5.91. The molecule has 0 aliphatic rings. The molecule has 0 fully saturated rings. The van der Waals surface area contributed by atoms with Crippen molar-refractivity contribution in [1.82, 2.24) is 29.9 Å². The fraction of sp³-hybridized carbons (Fsp3) is 0. The third kappa shape index (κ3) is 13.8. The molecule has 6 aromatic carbocycles. The fourth-order valence-electron chi connectivity index (χ4n) is 4.42. The van der Waals surface area contributed by atoms with Crippen molar-refractivity contribution < 1.29 is 19.8 Å². The van der Waals surface area contributed by atoms with Gasteiger partial charge in [0, 0.05) is 10.0 Å². The van der Waals surface area contributed by atoms with E-state index in [1.807, 2.05) is 78.9 Å². The Bertz CT molecular complexity index is 2190. The van der Waals surface area contributed by atoms with E-state index in [-0.39, 0.29) is 92.4 Å². The molecule has 8 aromatic rings. The maximum Gasteiger partial charge on any atom is 2.00 e. The third-order valence-electron chi connectivity index (χ3n) is 6.47. The van der Waals surface area contributed by atoms with Crippen LogP contribution in [0, 0.1) is 6.07 Å². The summed E-state index contributed by atoms with van der Waals surface area (Å²) >= 11 is 31.1. The van der Waals surface area contributed by atoms with Gasteiger partial charge in [-0.05, 0) is 85.6 Å². The molecule has 250 valence electrons. The van der Waals surface area contributed by atoms with Crippen LogP contribution >= 0.6 is 73.9 Å². The van der Waals surface area contributed by atoms with Crippen LogP contribution in [0.1, 0.15) is 2.85 Å². The zero-order valence-electron chi connectivity index (χ0n) is 28.4. The summed E-state index contributed by atoms with van der Waals surface area (Å²) in [5.41, 5.74) is 0.888. The number of benzene rings is 6. The number of fused-ring (bicyclic) bond motifs is 3. The average Bonchev–Trinajstić information content (AvgIpc) is 3.08. The molecule has 0 unspecified atom stereocenters. The number of nitrogens with zero attached hydrogens (tertiary/aromatic N) is 6. The largest absolute Gasteiger partial charge is 2.00 e. The number of hydrogen-bond acceptors (Lipinski definition) is 6. The molecule has 2 heterocycles. The van der Waals surface area contributed by atoms with Crippen molar-refractivity contribution in [1.29, 1.82) is 0 Å². The summed E-state index contributed by atoms with van der Waals surface area (Å²) in [6.07, 6.45) is 0. The molecule has 0 aliphatic heterocycles. The van der Waals surface area contributed by atoms with Gasteiger partial charge in [-0.2, -0.15) is 29.9 Å². The van der Waals surface area contributed by atoms with Crippen LogP contribution in [0.2, 0.25) is 26.4 Å². The van der Waals surface area contributed by atoms with Gasteiger partial charge in [-0.3, -0.25) is 0 Å². The Kier molecular flexibility index (Phi) is 20.4. The van der Waals surface area contributed by atoms with Gasteiger partial charge >= 0.3 is 46.1 Å². The van der Waals surface area contributed by atoms with Crippen LogP contribution in [0.15, 0.2) is 132 Å². The third-order valence-corrected chi connectivity index (χ3v) is 8.01. The summed E-state index contributed by atoms with van der Waals surface area (Å²) in [5, 5.41) is 7.35. The molecule has 0 amide bonds. The standard InChI is InChI=1S/C13H7Cl2N3.C10H7Br.C10H7.C3Cl3N3.BrH.2Mg.2H/c14-12-16-11(17-13(15)18-12)10-7-3-5-8-4-1-2-6-9(8)10;11-10-7-3-5-8-4-1-2-6-9(8)10;1-2-6-10-8-4-3-7-9(10)5-1;4-1-7-2(5)9-3(6)8-1;;;;;/h1-7H;1-7H;1-7H;;1H;;;;/q;;-1;;;2*+2;2*-1/p-1. The van der Waals surface area contributed by atoms with Crippen LogP contribution in [0.5, 0.6) is 0 Å². The number of rotatable bonds is 1. The van der Waals surface area contributed by atoms with Gasteiger partial charge in [0.1, 0.15) is 0 Å². The molecule has 0 spiro atoms. The topological polar surface area (TPSA) is 77.3 Å². The monoisotopic (exact) mass is 920 g/mol. The van der Waals surface area contributed by atoms with Gasteiger partial charge in [0.25, 0.3) is 0 Å². The maximum atomic E-state index is 5.80. The smallest absolute Gasteiger partial charge is 1.00 e. The Morgan fingerprint density at radius 1 is 0.451 bits per heavy atom. The summed E-state index contributed by atoms with van der Waals surface area (Å²) in [6, 6.07) is 45.8. The molecule has 0 bridgehead atoms. The Balaban J connectivity index is 0.000000685. The predicted molar refractivity (Wildman–Crippen MR) is 216 cm³/mol. The summed E-state index contributed by atoms with van der Waals surface area (Å²) in [6.45, 7) is 0. The van der Waals surface area contributed by atoms with Gasteiger partial charge in [0.15, 0.2) is 5.82 Å². The SMILES string of the molecule is Brc1cccc2ccccc12.Clc1nc(Cl)nc(-c2cccc3ccccc23)n1.Clc1nc(Cl)nc(Cl)n1.[Br-].[H-].[H-].[Mg+2].[Mg+2].[c-]1cccc2ccccc12. The first kappa shape index (κ1) is 45.2. The van der Waals surface area contributed by atoms with Crippen LogP contribution in [0.25, 0.3) is 43.7 Å². The van der Waals surface area contributed by atoms with Crippen LogP contribution in [0.3, 0.4) is 0 Å². The Morgan fingerprint density at radius 2 is 0.863 bits per heavy atom. The van der Waals surface area contributed by atoms with Crippen molar-refractivity contribution in [3.8, 4) is 11.4 Å². The zero-order chi connectivity index (χ0) is 33.9. The minimum Gasteiger partial charge on any atom is -1.00 e. The molecule has 0 aliphatic carbocycles. The summed E-state index contributed by atoms with van der Waals surface area (Å²) in [5.74, 6) is 0.483. The first-order chi connectivity index (χ1) is 23.3. The second kappa shape index (κ2) is 23.0. The van der Waals surface area contributed by atoms with Gasteiger partial charge in [0.05, 0.1) is 0 Å². The number of hydrogen-bond donors (Lipinski definition) is 0. The van der Waals surface area contributed by atoms with Gasteiger partial charge < -0.3 is 19.8 Å². The average molecular weight is 925 g/mol. The maximum absolute atomic E-state index is 5.80. The molecular formula is C36H23Br2Cl5Mg2N6. The predicted octanol–water partition coefficient (Wildman–Crippen LogP) is 8.54. The molecule has 0 radical (unpaired) electrons. The van der Waals surface area contributed by atoms with Crippen molar-refractivity contribution in [3.63, 3.8) is 0 Å². The van der Waals surface area contributed by atoms with E-state index in [4.69, 9.17) is 58.0 Å². The molecule has 51 heavy (non-hydrogen) atoms. The van der Waals surface area contributed by atoms with E-state index in [9.17, 15) is 0 Å². The molecule has 6 nitrogen and oxygen atoms in total. The Hall–Kier alpha value is -1.94. The van der Waals surface area contributed by atoms with Gasteiger partial charge in [-0.1, -0.05) is 107 Å². The molecule has 0 saturated carbocycles. The first-order valence-electron chi connectivity index (χ1n) is 14.0. The van der Waals surface area contributed by atoms with Crippen LogP contribution < -0.4 is 17.0 Å². The molecule has 0 N–H and O–H groups in total. The van der Waals surface area contributed by atoms with Gasteiger partial charge in [0.2, 0.25) is 26.4 Å². The first-order valence-corrected chi connectivity index (χ1v) is 16.7. The Labute approximate surface area is 373 Å². The molecule has 2 aromatic heterocycles. The second-order valence-corrected chi connectivity index (χ2v) is 12.1. The van der Waals surface area contributed by atoms with E-state index in [0.717, 1.165) is 20.8 Å². The van der Waals surface area contributed by atoms with Crippen LogP contribution in [0.4, 0.5) is 0 Å². The van der Waals surface area contributed by atoms with Crippen molar-refractivity contribution in [2.24, 2.45) is 0 Å². The normalized spacial score (nSPS) is 9.69. The molecule has 8 rings (SSSR count). The zero-order valence-corrected chi connectivity index (χ0v) is 36.1. The van der Waals surface area contributed by atoms with Gasteiger partial charge in [-0.15, -0.1) is 47.2 Å². The molecule has 0 saturated heterocycles. The van der Waals surface area contributed by atoms with Crippen LogP contribution in [-0.4, -0.2) is 76.0 Å². The molecular weight excluding hydrogens is 902 g/mol. The van der Waals surface area contributed by atoms with Crippen molar-refractivity contribution >= 4 is 152 Å². The second-order valence-electron chi connectivity index (χ2n) is 9.58. The van der Waals surface area contributed by atoms with E-state index >= 15 is 0 Å². The number of aromatic nitrogens is 6. The summed E-state index contributed by atoms with van der Waals surface area (Å²) in [4.78, 5) is 22.4. The minimum atomic E-state index is 0.